The van der Waals surface area contributed by atoms with Crippen molar-refractivity contribution in [2.75, 3.05) is 19.0 Å². The molecule has 0 saturated carbocycles. The lowest BCUT2D eigenvalue weighted by Gasteiger charge is -2.16. The third kappa shape index (κ3) is 5.35. The Morgan fingerprint density at radius 2 is 1.90 bits per heavy atom. The molecule has 31 heavy (non-hydrogen) atoms. The molecule has 0 bridgehead atoms. The molecule has 2 N–H and O–H groups in total. The van der Waals surface area contributed by atoms with Gasteiger partial charge in [-0.15, -0.1) is 0 Å². The van der Waals surface area contributed by atoms with Gasteiger partial charge in [0.2, 0.25) is 5.91 Å². The number of ether oxygens (including phenoxy) is 2. The molecule has 9 heteroatoms. The van der Waals surface area contributed by atoms with Gasteiger partial charge in [0, 0.05) is 16.3 Å². The fraction of sp³-hybridized carbons (Fsp3) is 0.227. The number of halogens is 1. The average Bonchev–Trinajstić information content (AvgIpc) is 2.98. The lowest BCUT2D eigenvalue weighted by atomic mass is 10.1. The van der Waals surface area contributed by atoms with Crippen molar-refractivity contribution in [3.05, 3.63) is 58.7 Å². The number of urea groups is 1. The van der Waals surface area contributed by atoms with E-state index in [1.807, 2.05) is 13.8 Å². The highest BCUT2D eigenvalue weighted by Gasteiger charge is 2.35. The number of hydrogen-bond donors (Lipinski definition) is 2. The number of hydrogen-bond acceptors (Lipinski definition) is 5. The van der Waals surface area contributed by atoms with Crippen molar-refractivity contribution in [2.24, 2.45) is 0 Å². The fourth-order valence-electron chi connectivity index (χ4n) is 2.92. The number of carbonyl (C=O) groups excluding carboxylic acids is 3. The minimum Gasteiger partial charge on any atom is -0.493 e. The van der Waals surface area contributed by atoms with Crippen LogP contribution in [0.1, 0.15) is 19.4 Å². The molecule has 0 atom stereocenters. The molecular formula is C22H22ClN3O5. The Balaban J connectivity index is 1.77. The van der Waals surface area contributed by atoms with Crippen molar-refractivity contribution in [3.8, 4) is 11.5 Å². The second-order valence-electron chi connectivity index (χ2n) is 6.98. The van der Waals surface area contributed by atoms with Crippen LogP contribution in [0.2, 0.25) is 5.02 Å². The van der Waals surface area contributed by atoms with Gasteiger partial charge in [0.15, 0.2) is 11.5 Å². The van der Waals surface area contributed by atoms with E-state index in [0.29, 0.717) is 27.8 Å². The molecule has 1 fully saturated rings. The molecule has 0 spiro atoms. The van der Waals surface area contributed by atoms with Crippen LogP contribution in [-0.4, -0.2) is 42.5 Å². The summed E-state index contributed by atoms with van der Waals surface area (Å²) in [7, 11) is 1.52. The Kier molecular flexibility index (Phi) is 6.81. The summed E-state index contributed by atoms with van der Waals surface area (Å²) in [5, 5.41) is 5.65. The highest BCUT2D eigenvalue weighted by molar-refractivity contribution is 6.30. The van der Waals surface area contributed by atoms with Gasteiger partial charge in [0.1, 0.15) is 12.2 Å². The first kappa shape index (κ1) is 22.2. The average molecular weight is 444 g/mol. The predicted octanol–water partition coefficient (Wildman–Crippen LogP) is 3.67. The van der Waals surface area contributed by atoms with E-state index in [1.54, 1.807) is 42.5 Å². The topological polar surface area (TPSA) is 97.0 Å². The summed E-state index contributed by atoms with van der Waals surface area (Å²) in [6.45, 7) is 3.30. The zero-order chi connectivity index (χ0) is 22.5. The van der Waals surface area contributed by atoms with Crippen LogP contribution in [0.4, 0.5) is 10.5 Å². The second-order valence-corrected chi connectivity index (χ2v) is 7.42. The monoisotopic (exact) mass is 443 g/mol. The molecule has 2 aromatic carbocycles. The number of methoxy groups -OCH3 is 1. The van der Waals surface area contributed by atoms with Crippen molar-refractivity contribution < 1.29 is 23.9 Å². The zero-order valence-electron chi connectivity index (χ0n) is 17.3. The number of para-hydroxylation sites is 1. The van der Waals surface area contributed by atoms with Crippen LogP contribution in [0, 0.1) is 0 Å². The van der Waals surface area contributed by atoms with E-state index < -0.39 is 24.4 Å². The van der Waals surface area contributed by atoms with E-state index >= 15 is 0 Å². The Morgan fingerprint density at radius 3 is 2.55 bits per heavy atom. The van der Waals surface area contributed by atoms with Gasteiger partial charge in [0.25, 0.3) is 5.91 Å². The van der Waals surface area contributed by atoms with Crippen LogP contribution in [-0.2, 0) is 9.59 Å². The first-order chi connectivity index (χ1) is 14.8. The molecule has 0 aromatic heterocycles. The third-order valence-corrected chi connectivity index (χ3v) is 4.53. The van der Waals surface area contributed by atoms with Crippen molar-refractivity contribution in [3.63, 3.8) is 0 Å². The van der Waals surface area contributed by atoms with Crippen LogP contribution >= 0.6 is 11.6 Å². The van der Waals surface area contributed by atoms with E-state index in [4.69, 9.17) is 21.1 Å². The minimum absolute atomic E-state index is 0.0335. The molecule has 1 aliphatic rings. The highest BCUT2D eigenvalue weighted by Crippen LogP contribution is 2.33. The van der Waals surface area contributed by atoms with Crippen LogP contribution in [0.15, 0.2) is 48.2 Å². The van der Waals surface area contributed by atoms with Gasteiger partial charge in [-0.25, -0.2) is 9.69 Å². The zero-order valence-corrected chi connectivity index (χ0v) is 18.0. The third-order valence-electron chi connectivity index (χ3n) is 4.27. The van der Waals surface area contributed by atoms with Crippen LogP contribution in [0.3, 0.4) is 0 Å². The Bertz CT molecular complexity index is 1030. The number of benzene rings is 2. The standard InChI is InChI=1S/C22H22ClN3O5/c1-13(2)31-20-14(5-4-6-18(20)30-3)11-17-21(28)26(22(29)25-17)12-19(27)24-16-9-7-15(23)8-10-16/h4-11,13H,12H2,1-3H3,(H,24,27)(H,25,29). The van der Waals surface area contributed by atoms with Crippen LogP contribution < -0.4 is 20.1 Å². The number of amides is 4. The van der Waals surface area contributed by atoms with Gasteiger partial charge in [0.05, 0.1) is 13.2 Å². The maximum Gasteiger partial charge on any atom is 0.329 e. The summed E-state index contributed by atoms with van der Waals surface area (Å²) in [5.74, 6) is -0.181. The van der Waals surface area contributed by atoms with E-state index in [0.717, 1.165) is 4.90 Å². The summed E-state index contributed by atoms with van der Waals surface area (Å²) < 4.78 is 11.2. The first-order valence-electron chi connectivity index (χ1n) is 9.52. The molecule has 0 radical (unpaired) electrons. The molecule has 0 unspecified atom stereocenters. The van der Waals surface area contributed by atoms with E-state index in [2.05, 4.69) is 10.6 Å². The van der Waals surface area contributed by atoms with Crippen LogP contribution in [0.25, 0.3) is 6.08 Å². The van der Waals surface area contributed by atoms with Gasteiger partial charge in [-0.1, -0.05) is 23.7 Å². The van der Waals surface area contributed by atoms with Gasteiger partial charge in [-0.2, -0.15) is 0 Å². The summed E-state index contributed by atoms with van der Waals surface area (Å²) in [5.41, 5.74) is 1.10. The first-order valence-corrected chi connectivity index (χ1v) is 9.90. The molecule has 162 valence electrons. The van der Waals surface area contributed by atoms with E-state index in [-0.39, 0.29) is 11.8 Å². The van der Waals surface area contributed by atoms with E-state index in [9.17, 15) is 14.4 Å². The Labute approximate surface area is 184 Å². The summed E-state index contributed by atoms with van der Waals surface area (Å²) in [6, 6.07) is 11.0. The molecule has 1 saturated heterocycles. The molecule has 4 amide bonds. The Morgan fingerprint density at radius 1 is 1.19 bits per heavy atom. The lowest BCUT2D eigenvalue weighted by Crippen LogP contribution is -2.38. The lowest BCUT2D eigenvalue weighted by molar-refractivity contribution is -0.127. The maximum atomic E-state index is 12.7. The van der Waals surface area contributed by atoms with Crippen LogP contribution in [0.5, 0.6) is 11.5 Å². The highest BCUT2D eigenvalue weighted by atomic mass is 35.5. The summed E-state index contributed by atoms with van der Waals surface area (Å²) in [6.07, 6.45) is 1.37. The molecule has 8 nitrogen and oxygen atoms in total. The van der Waals surface area contributed by atoms with E-state index in [1.165, 1.54) is 13.2 Å². The number of imide groups is 1. The van der Waals surface area contributed by atoms with Gasteiger partial charge >= 0.3 is 6.03 Å². The molecule has 3 rings (SSSR count). The molecule has 2 aromatic rings. The number of nitrogens with one attached hydrogen (secondary N) is 2. The quantitative estimate of drug-likeness (QED) is 0.502. The van der Waals surface area contributed by atoms with Crippen molar-refractivity contribution in [1.29, 1.82) is 0 Å². The number of carbonyl (C=O) groups is 3. The second kappa shape index (κ2) is 9.53. The predicted molar refractivity (Wildman–Crippen MR) is 117 cm³/mol. The summed E-state index contributed by atoms with van der Waals surface area (Å²) >= 11 is 5.82. The van der Waals surface area contributed by atoms with Crippen molar-refractivity contribution >= 4 is 41.2 Å². The number of rotatable bonds is 7. The van der Waals surface area contributed by atoms with Crippen molar-refractivity contribution in [2.45, 2.75) is 20.0 Å². The Hall–Kier alpha value is -3.52. The number of anilines is 1. The SMILES string of the molecule is COc1cccc(C=C2NC(=O)N(CC(=O)Nc3ccc(Cl)cc3)C2=O)c1OC(C)C. The van der Waals surface area contributed by atoms with Crippen molar-refractivity contribution in [1.82, 2.24) is 10.2 Å². The minimum atomic E-state index is -0.684. The molecular weight excluding hydrogens is 422 g/mol. The molecule has 1 aliphatic heterocycles. The van der Waals surface area contributed by atoms with Gasteiger partial charge < -0.3 is 20.1 Å². The molecule has 1 heterocycles. The number of nitrogens with zero attached hydrogens (tertiary/aromatic N) is 1. The van der Waals surface area contributed by atoms with Gasteiger partial charge in [-0.3, -0.25) is 9.59 Å². The summed E-state index contributed by atoms with van der Waals surface area (Å²) in [4.78, 5) is 38.2. The molecule has 0 aliphatic carbocycles. The van der Waals surface area contributed by atoms with Gasteiger partial charge in [-0.05, 0) is 50.3 Å². The fourth-order valence-corrected chi connectivity index (χ4v) is 3.04. The smallest absolute Gasteiger partial charge is 0.329 e. The normalized spacial score (nSPS) is 14.7. The maximum absolute atomic E-state index is 12.7. The largest absolute Gasteiger partial charge is 0.493 e.